The lowest BCUT2D eigenvalue weighted by molar-refractivity contribution is 0.507. The molecule has 0 fully saturated rings. The molecule has 0 radical (unpaired) electrons. The first-order chi connectivity index (χ1) is 7.00. The van der Waals surface area contributed by atoms with Crippen LogP contribution in [0.25, 0.3) is 0 Å². The van der Waals surface area contributed by atoms with E-state index in [1.807, 2.05) is 0 Å². The van der Waals surface area contributed by atoms with Crippen LogP contribution in [0.4, 0.5) is 0 Å². The molecule has 2 heteroatoms. The van der Waals surface area contributed by atoms with Crippen LogP contribution in [0.5, 0.6) is 0 Å². The molecule has 0 rings (SSSR count). The summed E-state index contributed by atoms with van der Waals surface area (Å²) in [5.41, 5.74) is 0. The number of unbranched alkanes of at least 4 members (excludes halogenated alkanes) is 6. The van der Waals surface area contributed by atoms with E-state index in [4.69, 9.17) is 0 Å². The van der Waals surface area contributed by atoms with E-state index < -0.39 is 0 Å². The lowest BCUT2D eigenvalue weighted by atomic mass is 10.0. The van der Waals surface area contributed by atoms with Gasteiger partial charge in [-0.2, -0.15) is 0 Å². The Morgan fingerprint density at radius 1 is 0.867 bits per heavy atom. The van der Waals surface area contributed by atoms with Gasteiger partial charge in [0.2, 0.25) is 0 Å². The van der Waals surface area contributed by atoms with Gasteiger partial charge in [-0.1, -0.05) is 97.6 Å². The van der Waals surface area contributed by atoms with Crippen molar-refractivity contribution in [2.45, 2.75) is 75.4 Å². The molecule has 0 aliphatic heterocycles. The third kappa shape index (κ3) is 8.74. The van der Waals surface area contributed by atoms with Gasteiger partial charge in [-0.25, -0.2) is 0 Å². The highest BCUT2D eigenvalue weighted by atomic mass is 79.9. The predicted octanol–water partition coefficient (Wildman–Crippen LogP) is 6.27. The zero-order valence-electron chi connectivity index (χ0n) is 10.5. The highest BCUT2D eigenvalue weighted by Crippen LogP contribution is 2.39. The van der Waals surface area contributed by atoms with E-state index in [2.05, 4.69) is 52.6 Å². The van der Waals surface area contributed by atoms with Crippen molar-refractivity contribution in [1.82, 2.24) is 0 Å². The number of rotatable bonds is 9. The molecule has 0 aliphatic carbocycles. The van der Waals surface area contributed by atoms with Crippen LogP contribution in [0.2, 0.25) is 0 Å². The molecule has 0 amide bonds. The minimum Gasteiger partial charge on any atom is -0.0724 e. The molecule has 0 unspecified atom stereocenters. The Kier molecular flexibility index (Phi) is 9.62. The standard InChI is InChI=1S/C13H26Br2/c1-4-5-6-7-8-9-10-11-13(14,15)12(2)3/h12H,4-11H2,1-3H3. The van der Waals surface area contributed by atoms with Crippen molar-refractivity contribution in [3.63, 3.8) is 0 Å². The van der Waals surface area contributed by atoms with Gasteiger partial charge in [0.1, 0.15) is 0 Å². The molecule has 0 heterocycles. The third-order valence-corrected chi connectivity index (χ3v) is 5.58. The van der Waals surface area contributed by atoms with E-state index in [1.165, 1.54) is 51.4 Å². The molecule has 0 spiro atoms. The molecule has 0 saturated heterocycles. The minimum absolute atomic E-state index is 0.170. The number of hydrogen-bond acceptors (Lipinski definition) is 0. The van der Waals surface area contributed by atoms with Gasteiger partial charge in [0.15, 0.2) is 0 Å². The third-order valence-electron chi connectivity index (χ3n) is 2.96. The van der Waals surface area contributed by atoms with Gasteiger partial charge in [0, 0.05) is 0 Å². The SMILES string of the molecule is CCCCCCCCCC(Br)(Br)C(C)C. The van der Waals surface area contributed by atoms with Crippen LogP contribution in [-0.4, -0.2) is 3.23 Å². The largest absolute Gasteiger partial charge is 0.0828 e. The zero-order valence-corrected chi connectivity index (χ0v) is 13.7. The fourth-order valence-electron chi connectivity index (χ4n) is 1.61. The Bertz CT molecular complexity index is 141. The Labute approximate surface area is 113 Å². The summed E-state index contributed by atoms with van der Waals surface area (Å²) in [5.74, 6) is 0.651. The van der Waals surface area contributed by atoms with Crippen LogP contribution in [0, 0.1) is 5.92 Å². The summed E-state index contributed by atoms with van der Waals surface area (Å²) >= 11 is 7.51. The van der Waals surface area contributed by atoms with Gasteiger partial charge >= 0.3 is 0 Å². The van der Waals surface area contributed by atoms with Crippen LogP contribution >= 0.6 is 31.9 Å². The number of hydrogen-bond donors (Lipinski definition) is 0. The normalized spacial score (nSPS) is 12.4. The van der Waals surface area contributed by atoms with E-state index in [0.717, 1.165) is 0 Å². The van der Waals surface area contributed by atoms with E-state index in [1.54, 1.807) is 0 Å². The van der Waals surface area contributed by atoms with Crippen molar-refractivity contribution in [2.24, 2.45) is 5.92 Å². The summed E-state index contributed by atoms with van der Waals surface area (Å²) in [4.78, 5) is 0. The number of alkyl halides is 2. The fourth-order valence-corrected chi connectivity index (χ4v) is 2.17. The van der Waals surface area contributed by atoms with Crippen molar-refractivity contribution in [3.8, 4) is 0 Å². The smallest absolute Gasteiger partial charge is 0.0724 e. The molecular weight excluding hydrogens is 316 g/mol. The molecule has 92 valence electrons. The van der Waals surface area contributed by atoms with Crippen LogP contribution in [0.1, 0.15) is 72.1 Å². The van der Waals surface area contributed by atoms with Crippen molar-refractivity contribution < 1.29 is 0 Å². The summed E-state index contributed by atoms with van der Waals surface area (Å²) < 4.78 is 0.170. The van der Waals surface area contributed by atoms with E-state index >= 15 is 0 Å². The second-order valence-electron chi connectivity index (χ2n) is 4.79. The van der Waals surface area contributed by atoms with Crippen molar-refractivity contribution in [3.05, 3.63) is 0 Å². The molecule has 0 N–H and O–H groups in total. The van der Waals surface area contributed by atoms with Gasteiger partial charge < -0.3 is 0 Å². The zero-order chi connectivity index (χ0) is 11.7. The lowest BCUT2D eigenvalue weighted by Crippen LogP contribution is -2.18. The van der Waals surface area contributed by atoms with Crippen LogP contribution in [-0.2, 0) is 0 Å². The second-order valence-corrected chi connectivity index (χ2v) is 8.68. The topological polar surface area (TPSA) is 0 Å². The average Bonchev–Trinajstić information content (AvgIpc) is 2.16. The summed E-state index contributed by atoms with van der Waals surface area (Å²) in [6.07, 6.45) is 11.0. The van der Waals surface area contributed by atoms with Gasteiger partial charge in [-0.15, -0.1) is 0 Å². The highest BCUT2D eigenvalue weighted by molar-refractivity contribution is 9.25. The van der Waals surface area contributed by atoms with E-state index in [0.29, 0.717) is 5.92 Å². The molecule has 0 aromatic carbocycles. The summed E-state index contributed by atoms with van der Waals surface area (Å²) in [6, 6.07) is 0. The first-order valence-electron chi connectivity index (χ1n) is 6.38. The van der Waals surface area contributed by atoms with Gasteiger partial charge in [0.25, 0.3) is 0 Å². The first-order valence-corrected chi connectivity index (χ1v) is 7.97. The molecule has 0 saturated carbocycles. The molecular formula is C13H26Br2. The predicted molar refractivity (Wildman–Crippen MR) is 78.0 cm³/mol. The molecule has 0 atom stereocenters. The van der Waals surface area contributed by atoms with Crippen LogP contribution < -0.4 is 0 Å². The van der Waals surface area contributed by atoms with Crippen molar-refractivity contribution in [1.29, 1.82) is 0 Å². The summed E-state index contributed by atoms with van der Waals surface area (Å²) in [6.45, 7) is 6.78. The van der Waals surface area contributed by atoms with E-state index in [-0.39, 0.29) is 3.23 Å². The molecule has 15 heavy (non-hydrogen) atoms. The second kappa shape index (κ2) is 9.04. The van der Waals surface area contributed by atoms with Gasteiger partial charge in [0.05, 0.1) is 3.23 Å². The van der Waals surface area contributed by atoms with Crippen LogP contribution in [0.15, 0.2) is 0 Å². The quantitative estimate of drug-likeness (QED) is 0.342. The maximum absolute atomic E-state index is 3.76. The molecule has 0 nitrogen and oxygen atoms in total. The molecule has 0 aromatic heterocycles. The van der Waals surface area contributed by atoms with Crippen LogP contribution in [0.3, 0.4) is 0 Å². The van der Waals surface area contributed by atoms with Crippen molar-refractivity contribution in [2.75, 3.05) is 0 Å². The minimum atomic E-state index is 0.170. The molecule has 0 aliphatic rings. The first kappa shape index (κ1) is 16.0. The summed E-state index contributed by atoms with van der Waals surface area (Å²) in [7, 11) is 0. The Balaban J connectivity index is 3.31. The monoisotopic (exact) mass is 340 g/mol. The Morgan fingerprint density at radius 3 is 1.80 bits per heavy atom. The molecule has 0 bridgehead atoms. The maximum Gasteiger partial charge on any atom is 0.0828 e. The average molecular weight is 342 g/mol. The van der Waals surface area contributed by atoms with E-state index in [9.17, 15) is 0 Å². The lowest BCUT2D eigenvalue weighted by Gasteiger charge is -2.24. The Morgan fingerprint density at radius 2 is 1.33 bits per heavy atom. The Hall–Kier alpha value is 0.960. The molecule has 0 aromatic rings. The summed E-state index contributed by atoms with van der Waals surface area (Å²) in [5, 5.41) is 0. The van der Waals surface area contributed by atoms with Crippen molar-refractivity contribution >= 4 is 31.9 Å². The maximum atomic E-state index is 3.76. The number of halogens is 2. The van der Waals surface area contributed by atoms with Gasteiger partial charge in [-0.3, -0.25) is 0 Å². The van der Waals surface area contributed by atoms with Gasteiger partial charge in [-0.05, 0) is 12.3 Å². The highest BCUT2D eigenvalue weighted by Gasteiger charge is 2.25. The fraction of sp³-hybridized carbons (Fsp3) is 1.00.